The quantitative estimate of drug-likeness (QED) is 0.149. The standard InChI is InChI=1S/C33H40ClF3N2O7SSi/c1-32(2,3)48(6,7)45-15-14-44-29-16-22(34)9-11-27(29)30(38-23-17-25(43-4)19-26(18-23)47(5,41)42)31(40)39-13-12-21-8-10-24(20-28(21)39)46-33(35,36)37/h8-11,16-20,30,38H,12-15H2,1-7H3. The average molecular weight is 729 g/mol. The molecule has 0 bridgehead atoms. The molecule has 1 aliphatic rings. The second kappa shape index (κ2) is 14.2. The van der Waals surface area contributed by atoms with E-state index in [1.807, 2.05) is 0 Å². The second-order valence-corrected chi connectivity index (χ2v) is 20.2. The van der Waals surface area contributed by atoms with Crippen molar-refractivity contribution < 1.29 is 45.0 Å². The van der Waals surface area contributed by atoms with Crippen molar-refractivity contribution in [3.05, 3.63) is 70.7 Å². The third-order valence-electron chi connectivity index (χ3n) is 8.45. The molecule has 0 aromatic heterocycles. The van der Waals surface area contributed by atoms with Gasteiger partial charge in [-0.25, -0.2) is 8.42 Å². The van der Waals surface area contributed by atoms with Crippen LogP contribution in [0.15, 0.2) is 59.5 Å². The zero-order valence-electron chi connectivity index (χ0n) is 27.8. The van der Waals surface area contributed by atoms with E-state index in [-0.39, 0.29) is 52.6 Å². The lowest BCUT2D eigenvalue weighted by Crippen LogP contribution is -2.41. The summed E-state index contributed by atoms with van der Waals surface area (Å²) in [5, 5.41) is 3.46. The van der Waals surface area contributed by atoms with E-state index in [4.69, 9.17) is 25.5 Å². The number of alkyl halides is 3. The van der Waals surface area contributed by atoms with Crippen molar-refractivity contribution in [1.29, 1.82) is 0 Å². The van der Waals surface area contributed by atoms with Gasteiger partial charge in [0, 0.05) is 41.2 Å². The van der Waals surface area contributed by atoms with Gasteiger partial charge >= 0.3 is 6.36 Å². The number of hydrogen-bond acceptors (Lipinski definition) is 8. The van der Waals surface area contributed by atoms with Crippen LogP contribution in [0, 0.1) is 0 Å². The highest BCUT2D eigenvalue weighted by Crippen LogP contribution is 2.40. The van der Waals surface area contributed by atoms with Gasteiger partial charge in [-0.2, -0.15) is 0 Å². The van der Waals surface area contributed by atoms with Crippen molar-refractivity contribution in [1.82, 2.24) is 0 Å². The lowest BCUT2D eigenvalue weighted by molar-refractivity contribution is -0.274. The van der Waals surface area contributed by atoms with E-state index >= 15 is 0 Å². The fourth-order valence-electron chi connectivity index (χ4n) is 4.90. The summed E-state index contributed by atoms with van der Waals surface area (Å²) >= 11 is 6.37. The van der Waals surface area contributed by atoms with Crippen LogP contribution in [0.5, 0.6) is 17.2 Å². The first-order valence-corrected chi connectivity index (χ1v) is 20.3. The minimum absolute atomic E-state index is 0.0196. The summed E-state index contributed by atoms with van der Waals surface area (Å²) in [6.07, 6.45) is -3.47. The number of hydrogen-bond donors (Lipinski definition) is 1. The van der Waals surface area contributed by atoms with E-state index in [1.165, 1.54) is 48.4 Å². The molecule has 0 saturated carbocycles. The number of benzene rings is 3. The topological polar surface area (TPSA) is 103 Å². The Kier molecular flexibility index (Phi) is 11.0. The Morgan fingerprint density at radius 2 is 1.73 bits per heavy atom. The van der Waals surface area contributed by atoms with Crippen LogP contribution in [-0.2, 0) is 25.5 Å². The fourth-order valence-corrected chi connectivity index (χ4v) is 6.76. The first-order valence-electron chi connectivity index (χ1n) is 15.1. The molecule has 3 aromatic carbocycles. The van der Waals surface area contributed by atoms with Crippen LogP contribution in [0.2, 0.25) is 23.2 Å². The number of carbonyl (C=O) groups excluding carboxylic acids is 1. The van der Waals surface area contributed by atoms with Gasteiger partial charge in [0.1, 0.15) is 29.9 Å². The van der Waals surface area contributed by atoms with E-state index in [2.05, 4.69) is 43.9 Å². The van der Waals surface area contributed by atoms with Crippen molar-refractivity contribution in [3.8, 4) is 17.2 Å². The molecule has 3 aromatic rings. The van der Waals surface area contributed by atoms with Crippen molar-refractivity contribution in [2.75, 3.05) is 43.3 Å². The van der Waals surface area contributed by atoms with Crippen LogP contribution >= 0.6 is 11.6 Å². The summed E-state index contributed by atoms with van der Waals surface area (Å²) in [6.45, 7) is 11.2. The highest BCUT2D eigenvalue weighted by Gasteiger charge is 2.38. The highest BCUT2D eigenvalue weighted by atomic mass is 35.5. The number of nitrogens with one attached hydrogen (secondary N) is 1. The third kappa shape index (κ3) is 9.15. The van der Waals surface area contributed by atoms with Crippen molar-refractivity contribution in [3.63, 3.8) is 0 Å². The molecular formula is C33H40ClF3N2O7SSi. The molecule has 1 N–H and O–H groups in total. The van der Waals surface area contributed by atoms with E-state index in [1.54, 1.807) is 18.2 Å². The van der Waals surface area contributed by atoms with Gasteiger partial charge < -0.3 is 28.9 Å². The summed E-state index contributed by atoms with van der Waals surface area (Å²) in [5.41, 5.74) is 1.52. The Morgan fingerprint density at radius 3 is 2.35 bits per heavy atom. The molecular weight excluding hydrogens is 689 g/mol. The highest BCUT2D eigenvalue weighted by molar-refractivity contribution is 7.90. The van der Waals surface area contributed by atoms with Crippen LogP contribution in [0.25, 0.3) is 0 Å². The number of fused-ring (bicyclic) bond motifs is 1. The summed E-state index contributed by atoms with van der Waals surface area (Å²) in [7, 11) is -4.38. The summed E-state index contributed by atoms with van der Waals surface area (Å²) in [5.74, 6) is -0.506. The maximum absolute atomic E-state index is 14.5. The summed E-state index contributed by atoms with van der Waals surface area (Å²) < 4.78 is 86.0. The molecule has 262 valence electrons. The SMILES string of the molecule is COc1cc(NC(C(=O)N2CCc3ccc(OC(F)(F)F)cc32)c2ccc(Cl)cc2OCCO[Si](C)(C)C(C)(C)C)cc(S(C)(=O)=O)c1. The molecule has 1 amide bonds. The predicted octanol–water partition coefficient (Wildman–Crippen LogP) is 7.79. The number of ether oxygens (including phenoxy) is 3. The van der Waals surface area contributed by atoms with Crippen LogP contribution in [-0.4, -0.2) is 62.1 Å². The van der Waals surface area contributed by atoms with Crippen LogP contribution in [0.4, 0.5) is 24.5 Å². The minimum Gasteiger partial charge on any atom is -0.497 e. The number of rotatable bonds is 12. The fraction of sp³-hybridized carbons (Fsp3) is 0.424. The maximum atomic E-state index is 14.5. The van der Waals surface area contributed by atoms with Gasteiger partial charge in [0.05, 0.1) is 24.3 Å². The van der Waals surface area contributed by atoms with Gasteiger partial charge in [-0.15, -0.1) is 13.2 Å². The molecule has 1 heterocycles. The molecule has 0 aliphatic carbocycles. The minimum atomic E-state index is -4.92. The number of nitrogens with zero attached hydrogens (tertiary/aromatic N) is 1. The van der Waals surface area contributed by atoms with Crippen LogP contribution in [0.3, 0.4) is 0 Å². The molecule has 0 spiro atoms. The molecule has 0 fully saturated rings. The van der Waals surface area contributed by atoms with E-state index in [9.17, 15) is 26.4 Å². The Balaban J connectivity index is 1.75. The van der Waals surface area contributed by atoms with Gasteiger partial charge in [-0.3, -0.25) is 4.79 Å². The third-order valence-corrected chi connectivity index (χ3v) is 14.3. The largest absolute Gasteiger partial charge is 0.573 e. The molecule has 1 atom stereocenters. The smallest absolute Gasteiger partial charge is 0.497 e. The number of methoxy groups -OCH3 is 1. The first-order chi connectivity index (χ1) is 22.2. The van der Waals surface area contributed by atoms with Gasteiger partial charge in [-0.1, -0.05) is 44.5 Å². The number of halogens is 4. The number of amides is 1. The number of anilines is 2. The van der Waals surface area contributed by atoms with Gasteiger partial charge in [0.25, 0.3) is 5.91 Å². The lowest BCUT2D eigenvalue weighted by atomic mass is 10.0. The van der Waals surface area contributed by atoms with Crippen LogP contribution < -0.4 is 24.4 Å². The molecule has 0 radical (unpaired) electrons. The van der Waals surface area contributed by atoms with Crippen LogP contribution in [0.1, 0.15) is 37.9 Å². The summed E-state index contributed by atoms with van der Waals surface area (Å²) in [6, 6.07) is 11.7. The van der Waals surface area contributed by atoms with Gasteiger partial charge in [0.2, 0.25) is 0 Å². The Labute approximate surface area is 285 Å². The molecule has 0 saturated heterocycles. The monoisotopic (exact) mass is 728 g/mol. The molecule has 48 heavy (non-hydrogen) atoms. The van der Waals surface area contributed by atoms with E-state index in [0.717, 1.165) is 6.26 Å². The predicted molar refractivity (Wildman–Crippen MR) is 182 cm³/mol. The van der Waals surface area contributed by atoms with E-state index in [0.29, 0.717) is 22.6 Å². The van der Waals surface area contributed by atoms with Gasteiger partial charge in [-0.05, 0) is 60.4 Å². The Hall–Kier alpha value is -3.46. The Morgan fingerprint density at radius 1 is 1.02 bits per heavy atom. The molecule has 1 aliphatic heterocycles. The number of sulfone groups is 1. The average Bonchev–Trinajstić information content (AvgIpc) is 3.39. The normalized spacial score (nSPS) is 14.4. The molecule has 4 rings (SSSR count). The molecule has 15 heteroatoms. The second-order valence-electron chi connectivity index (χ2n) is 13.0. The lowest BCUT2D eigenvalue weighted by Gasteiger charge is -2.36. The number of carbonyl (C=O) groups is 1. The van der Waals surface area contributed by atoms with Crippen molar-refractivity contribution in [2.24, 2.45) is 0 Å². The summed E-state index contributed by atoms with van der Waals surface area (Å²) in [4.78, 5) is 15.8. The zero-order valence-corrected chi connectivity index (χ0v) is 30.4. The van der Waals surface area contributed by atoms with Crippen molar-refractivity contribution in [2.45, 2.75) is 62.6 Å². The zero-order chi connectivity index (χ0) is 35.7. The van der Waals surface area contributed by atoms with Gasteiger partial charge in [0.15, 0.2) is 18.2 Å². The molecule has 9 nitrogen and oxygen atoms in total. The Bertz CT molecular complexity index is 1760. The first kappa shape index (κ1) is 37.4. The van der Waals surface area contributed by atoms with Crippen molar-refractivity contribution >= 4 is 47.0 Å². The maximum Gasteiger partial charge on any atom is 0.573 e. The van der Waals surface area contributed by atoms with E-state index < -0.39 is 42.2 Å². The molecule has 1 unspecified atom stereocenters.